The number of nitrogens with zero attached hydrogens (tertiary/aromatic N) is 2. The smallest absolute Gasteiger partial charge is 0.0718 e. The van der Waals surface area contributed by atoms with E-state index in [0.29, 0.717) is 0 Å². The number of hydrogen-bond donors (Lipinski definition) is 2. The molecule has 0 amide bonds. The molecule has 0 radical (unpaired) electrons. The van der Waals surface area contributed by atoms with Gasteiger partial charge in [-0.25, -0.2) is 0 Å². The van der Waals surface area contributed by atoms with Crippen LogP contribution < -0.4 is 5.32 Å². The molecule has 4 nitrogen and oxygen atoms in total. The average molecular weight is 269 g/mol. The van der Waals surface area contributed by atoms with Crippen molar-refractivity contribution < 1.29 is 5.11 Å². The average Bonchev–Trinajstić information content (AvgIpc) is 2.37. The molecule has 0 aromatic carbocycles. The van der Waals surface area contributed by atoms with Gasteiger partial charge in [0.25, 0.3) is 0 Å². The highest BCUT2D eigenvalue weighted by Crippen LogP contribution is 2.15. The maximum absolute atomic E-state index is 9.85. The van der Waals surface area contributed by atoms with Crippen LogP contribution in [-0.2, 0) is 0 Å². The zero-order valence-electron chi connectivity index (χ0n) is 12.7. The highest BCUT2D eigenvalue weighted by molar-refractivity contribution is 4.79. The van der Waals surface area contributed by atoms with E-state index in [0.717, 1.165) is 38.6 Å². The monoisotopic (exact) mass is 269 g/mol. The van der Waals surface area contributed by atoms with Gasteiger partial charge in [-0.15, -0.1) is 0 Å². The highest BCUT2D eigenvalue weighted by Gasteiger charge is 2.23. The van der Waals surface area contributed by atoms with Crippen LogP contribution in [-0.4, -0.2) is 72.9 Å². The van der Waals surface area contributed by atoms with Crippen molar-refractivity contribution in [2.45, 2.75) is 38.7 Å². The predicted molar refractivity (Wildman–Crippen MR) is 79.4 cm³/mol. The van der Waals surface area contributed by atoms with Crippen LogP contribution in [0.25, 0.3) is 0 Å². The Morgan fingerprint density at radius 2 is 1.84 bits per heavy atom. The Morgan fingerprint density at radius 3 is 2.42 bits per heavy atom. The third kappa shape index (κ3) is 5.78. The molecule has 2 rings (SSSR count). The summed E-state index contributed by atoms with van der Waals surface area (Å²) in [5, 5.41) is 13.3. The summed E-state index contributed by atoms with van der Waals surface area (Å²) in [6, 6.07) is 0. The van der Waals surface area contributed by atoms with Gasteiger partial charge in [-0.2, -0.15) is 0 Å². The number of hydrogen-bond acceptors (Lipinski definition) is 4. The molecule has 2 saturated heterocycles. The Morgan fingerprint density at radius 1 is 1.16 bits per heavy atom. The van der Waals surface area contributed by atoms with E-state index in [1.54, 1.807) is 0 Å². The molecule has 2 fully saturated rings. The third-order valence-electron chi connectivity index (χ3n) is 4.33. The van der Waals surface area contributed by atoms with E-state index in [9.17, 15) is 5.11 Å². The lowest BCUT2D eigenvalue weighted by molar-refractivity contribution is 0.0170. The van der Waals surface area contributed by atoms with Crippen molar-refractivity contribution in [1.29, 1.82) is 0 Å². The van der Waals surface area contributed by atoms with Crippen LogP contribution in [0.3, 0.4) is 0 Å². The maximum atomic E-state index is 9.85. The van der Waals surface area contributed by atoms with E-state index >= 15 is 0 Å². The van der Waals surface area contributed by atoms with Gasteiger partial charge in [-0.05, 0) is 58.7 Å². The van der Waals surface area contributed by atoms with Crippen molar-refractivity contribution >= 4 is 0 Å². The largest absolute Gasteiger partial charge is 0.389 e. The molecule has 0 saturated carbocycles. The summed E-state index contributed by atoms with van der Waals surface area (Å²) < 4.78 is 0. The molecular weight excluding hydrogens is 238 g/mol. The van der Waals surface area contributed by atoms with Crippen molar-refractivity contribution in [3.63, 3.8) is 0 Å². The summed E-state index contributed by atoms with van der Waals surface area (Å²) in [6.45, 7) is 12.8. The van der Waals surface area contributed by atoms with Crippen molar-refractivity contribution in [3.8, 4) is 0 Å². The first-order valence-electron chi connectivity index (χ1n) is 7.91. The molecule has 2 aliphatic heterocycles. The van der Waals surface area contributed by atoms with Crippen LogP contribution in [0, 0.1) is 5.92 Å². The minimum absolute atomic E-state index is 0.560. The first-order chi connectivity index (χ1) is 9.03. The molecule has 4 heteroatoms. The minimum atomic E-state index is -0.560. The summed E-state index contributed by atoms with van der Waals surface area (Å²) in [4.78, 5) is 4.98. The van der Waals surface area contributed by atoms with E-state index < -0.39 is 5.60 Å². The van der Waals surface area contributed by atoms with Gasteiger partial charge in [0, 0.05) is 32.7 Å². The van der Waals surface area contributed by atoms with Crippen molar-refractivity contribution in [2.75, 3.05) is 52.4 Å². The Bertz CT molecular complexity index is 251. The Hall–Kier alpha value is -0.160. The molecule has 0 aromatic rings. The van der Waals surface area contributed by atoms with Crippen molar-refractivity contribution in [2.24, 2.45) is 5.92 Å². The molecule has 1 unspecified atom stereocenters. The SMILES string of the molecule is CC(C)(O)CN1CCN(CCC2CCCNC2)CC1. The van der Waals surface area contributed by atoms with Crippen LogP contribution in [0.15, 0.2) is 0 Å². The van der Waals surface area contributed by atoms with Gasteiger partial charge in [0.15, 0.2) is 0 Å². The summed E-state index contributed by atoms with van der Waals surface area (Å²) in [5.74, 6) is 0.892. The van der Waals surface area contributed by atoms with Crippen LogP contribution in [0.1, 0.15) is 33.1 Å². The van der Waals surface area contributed by atoms with Crippen molar-refractivity contribution in [3.05, 3.63) is 0 Å². The summed E-state index contributed by atoms with van der Waals surface area (Å²) in [6.07, 6.45) is 4.11. The summed E-state index contributed by atoms with van der Waals surface area (Å²) in [5.41, 5.74) is -0.560. The third-order valence-corrected chi connectivity index (χ3v) is 4.33. The topological polar surface area (TPSA) is 38.7 Å². The molecule has 2 heterocycles. The molecule has 1 atom stereocenters. The Balaban J connectivity index is 1.60. The van der Waals surface area contributed by atoms with Crippen LogP contribution in [0.4, 0.5) is 0 Å². The van der Waals surface area contributed by atoms with Crippen LogP contribution >= 0.6 is 0 Å². The number of rotatable bonds is 5. The lowest BCUT2D eigenvalue weighted by Gasteiger charge is -2.38. The normalized spacial score (nSPS) is 27.6. The first-order valence-corrected chi connectivity index (χ1v) is 7.91. The number of β-amino-alcohol motifs (C(OH)–C–C–N with tert-alkyl or cyclic N) is 1. The number of nitrogens with one attached hydrogen (secondary N) is 1. The van der Waals surface area contributed by atoms with Gasteiger partial charge in [-0.1, -0.05) is 0 Å². The lowest BCUT2D eigenvalue weighted by atomic mass is 9.96. The molecule has 112 valence electrons. The minimum Gasteiger partial charge on any atom is -0.389 e. The summed E-state index contributed by atoms with van der Waals surface area (Å²) >= 11 is 0. The quantitative estimate of drug-likeness (QED) is 0.773. The number of piperazine rings is 1. The lowest BCUT2D eigenvalue weighted by Crippen LogP contribution is -2.50. The number of piperidine rings is 1. The maximum Gasteiger partial charge on any atom is 0.0718 e. The number of aliphatic hydroxyl groups is 1. The molecule has 0 spiro atoms. The molecule has 2 N–H and O–H groups in total. The van der Waals surface area contributed by atoms with Gasteiger partial charge >= 0.3 is 0 Å². The fraction of sp³-hybridized carbons (Fsp3) is 1.00. The standard InChI is InChI=1S/C15H31N3O/c1-15(2,19)13-18-10-8-17(9-11-18)7-5-14-4-3-6-16-12-14/h14,16,19H,3-13H2,1-2H3. The van der Waals surface area contributed by atoms with Crippen molar-refractivity contribution in [1.82, 2.24) is 15.1 Å². The molecular formula is C15H31N3O. The fourth-order valence-corrected chi connectivity index (χ4v) is 3.25. The second-order valence-corrected chi connectivity index (χ2v) is 6.93. The van der Waals surface area contributed by atoms with Gasteiger partial charge in [-0.3, -0.25) is 4.90 Å². The van der Waals surface area contributed by atoms with E-state index in [1.165, 1.54) is 38.9 Å². The molecule has 0 bridgehead atoms. The van der Waals surface area contributed by atoms with Gasteiger partial charge in [0.1, 0.15) is 0 Å². The molecule has 2 aliphatic rings. The second-order valence-electron chi connectivity index (χ2n) is 6.93. The Kier molecular flexibility index (Phi) is 5.63. The van der Waals surface area contributed by atoms with Gasteiger partial charge < -0.3 is 15.3 Å². The van der Waals surface area contributed by atoms with E-state index in [2.05, 4.69) is 15.1 Å². The van der Waals surface area contributed by atoms with Crippen LogP contribution in [0.5, 0.6) is 0 Å². The van der Waals surface area contributed by atoms with Crippen LogP contribution in [0.2, 0.25) is 0 Å². The summed E-state index contributed by atoms with van der Waals surface area (Å²) in [7, 11) is 0. The first kappa shape index (κ1) is 15.2. The van der Waals surface area contributed by atoms with E-state index in [-0.39, 0.29) is 0 Å². The zero-order chi connectivity index (χ0) is 13.7. The fourth-order valence-electron chi connectivity index (χ4n) is 3.25. The van der Waals surface area contributed by atoms with Gasteiger partial charge in [0.05, 0.1) is 5.60 Å². The second kappa shape index (κ2) is 7.02. The molecule has 0 aliphatic carbocycles. The zero-order valence-corrected chi connectivity index (χ0v) is 12.7. The predicted octanol–water partition coefficient (Wildman–Crippen LogP) is 0.765. The van der Waals surface area contributed by atoms with E-state index in [4.69, 9.17) is 0 Å². The van der Waals surface area contributed by atoms with Gasteiger partial charge in [0.2, 0.25) is 0 Å². The molecule has 19 heavy (non-hydrogen) atoms. The Labute approximate surface area is 118 Å². The highest BCUT2D eigenvalue weighted by atomic mass is 16.3. The molecule has 0 aromatic heterocycles. The van der Waals surface area contributed by atoms with E-state index in [1.807, 2.05) is 13.8 Å².